The number of nitrogens with two attached hydrogens (primary N) is 1. The van der Waals surface area contributed by atoms with Gasteiger partial charge in [-0.05, 0) is 31.2 Å². The zero-order valence-electron chi connectivity index (χ0n) is 10.5. The molecule has 3 aromatic heterocycles. The van der Waals surface area contributed by atoms with Gasteiger partial charge >= 0.3 is 0 Å². The fourth-order valence-corrected chi connectivity index (χ4v) is 4.06. The van der Waals surface area contributed by atoms with Gasteiger partial charge in [-0.1, -0.05) is 0 Å². The summed E-state index contributed by atoms with van der Waals surface area (Å²) in [7, 11) is 0. The quantitative estimate of drug-likeness (QED) is 0.684. The van der Waals surface area contributed by atoms with E-state index in [4.69, 9.17) is 5.73 Å². The molecule has 8 heteroatoms. The maximum Gasteiger partial charge on any atom is 0.291 e. The van der Waals surface area contributed by atoms with Crippen molar-refractivity contribution in [3.05, 3.63) is 26.5 Å². The number of H-pyrrole nitrogens is 1. The number of nitrogens with one attached hydrogen (secondary N) is 1. The van der Waals surface area contributed by atoms with E-state index < -0.39 is 5.91 Å². The van der Waals surface area contributed by atoms with Crippen LogP contribution in [0.15, 0.2) is 4.79 Å². The number of rotatable bonds is 1. The molecule has 1 aliphatic rings. The maximum absolute atomic E-state index is 12.2. The Morgan fingerprint density at radius 2 is 2.15 bits per heavy atom. The zero-order chi connectivity index (χ0) is 13.9. The molecule has 0 spiro atoms. The highest BCUT2D eigenvalue weighted by Gasteiger charge is 2.23. The molecule has 0 atom stereocenters. The Hall–Kier alpha value is -2.22. The van der Waals surface area contributed by atoms with E-state index in [0.717, 1.165) is 31.2 Å². The first kappa shape index (κ1) is 11.6. The van der Waals surface area contributed by atoms with E-state index in [-0.39, 0.29) is 16.9 Å². The first-order chi connectivity index (χ1) is 9.66. The molecule has 0 fully saturated rings. The first-order valence-electron chi connectivity index (χ1n) is 6.38. The molecule has 1 aliphatic carbocycles. The summed E-state index contributed by atoms with van der Waals surface area (Å²) in [6.07, 6.45) is 4.18. The van der Waals surface area contributed by atoms with Crippen molar-refractivity contribution in [2.45, 2.75) is 25.7 Å². The summed E-state index contributed by atoms with van der Waals surface area (Å²) in [6.45, 7) is 0. The number of aromatic nitrogens is 4. The van der Waals surface area contributed by atoms with Gasteiger partial charge < -0.3 is 5.73 Å². The minimum Gasteiger partial charge on any atom is -0.364 e. The van der Waals surface area contributed by atoms with Gasteiger partial charge in [0.2, 0.25) is 0 Å². The molecule has 0 aromatic carbocycles. The van der Waals surface area contributed by atoms with E-state index in [1.807, 2.05) is 0 Å². The van der Waals surface area contributed by atoms with Crippen molar-refractivity contribution in [2.75, 3.05) is 0 Å². The smallest absolute Gasteiger partial charge is 0.291 e. The van der Waals surface area contributed by atoms with Crippen molar-refractivity contribution in [2.24, 2.45) is 5.73 Å². The van der Waals surface area contributed by atoms with Crippen molar-refractivity contribution in [3.8, 4) is 0 Å². The molecule has 0 bridgehead atoms. The van der Waals surface area contributed by atoms with Crippen LogP contribution in [0, 0.1) is 0 Å². The number of amides is 1. The molecule has 102 valence electrons. The summed E-state index contributed by atoms with van der Waals surface area (Å²) in [5.41, 5.74) is 7.13. The molecule has 0 aliphatic heterocycles. The average Bonchev–Trinajstić information content (AvgIpc) is 2.99. The van der Waals surface area contributed by atoms with Crippen LogP contribution >= 0.6 is 11.3 Å². The number of hydrogen-bond donors (Lipinski definition) is 2. The summed E-state index contributed by atoms with van der Waals surface area (Å²) < 4.78 is 2.23. The highest BCUT2D eigenvalue weighted by Crippen LogP contribution is 2.34. The number of primary amides is 1. The average molecular weight is 289 g/mol. The van der Waals surface area contributed by atoms with E-state index in [0.29, 0.717) is 4.70 Å². The van der Waals surface area contributed by atoms with Crippen molar-refractivity contribution in [3.63, 3.8) is 0 Å². The second kappa shape index (κ2) is 3.89. The van der Waals surface area contributed by atoms with Crippen LogP contribution in [0.4, 0.5) is 0 Å². The molecule has 0 saturated heterocycles. The number of thiophene rings is 1. The van der Waals surface area contributed by atoms with E-state index >= 15 is 0 Å². The van der Waals surface area contributed by atoms with Gasteiger partial charge in [0.05, 0.1) is 5.52 Å². The van der Waals surface area contributed by atoms with Crippen LogP contribution in [0.1, 0.15) is 33.8 Å². The highest BCUT2D eigenvalue weighted by molar-refractivity contribution is 7.19. The van der Waals surface area contributed by atoms with Gasteiger partial charge in [-0.3, -0.25) is 9.59 Å². The van der Waals surface area contributed by atoms with Crippen LogP contribution in [0.25, 0.3) is 15.9 Å². The zero-order valence-corrected chi connectivity index (χ0v) is 11.3. The number of aromatic amines is 1. The molecule has 0 saturated carbocycles. The predicted octanol–water partition coefficient (Wildman–Crippen LogP) is 0.610. The molecule has 1 amide bonds. The fraction of sp³-hybridized carbons (Fsp3) is 0.333. The minimum absolute atomic E-state index is 0.000223. The number of carbonyl (C=O) groups excluding carboxylic acids is 1. The predicted molar refractivity (Wildman–Crippen MR) is 74.2 cm³/mol. The Morgan fingerprint density at radius 3 is 2.95 bits per heavy atom. The first-order valence-corrected chi connectivity index (χ1v) is 7.19. The molecule has 3 aromatic rings. The Bertz CT molecular complexity index is 919. The third-order valence-corrected chi connectivity index (χ3v) is 4.96. The van der Waals surface area contributed by atoms with Crippen molar-refractivity contribution >= 4 is 33.1 Å². The second-order valence-corrected chi connectivity index (χ2v) is 5.99. The van der Waals surface area contributed by atoms with Gasteiger partial charge in [0.15, 0.2) is 11.3 Å². The molecule has 0 radical (unpaired) electrons. The lowest BCUT2D eigenvalue weighted by molar-refractivity contribution is 0.0997. The normalized spacial score (nSPS) is 14.8. The summed E-state index contributed by atoms with van der Waals surface area (Å²) in [4.78, 5) is 28.7. The van der Waals surface area contributed by atoms with Gasteiger partial charge in [-0.2, -0.15) is 4.98 Å². The molecule has 4 rings (SSSR count). The van der Waals surface area contributed by atoms with Gasteiger partial charge in [-0.15, -0.1) is 16.4 Å². The van der Waals surface area contributed by atoms with Gasteiger partial charge in [-0.25, -0.2) is 9.73 Å². The molecule has 3 N–H and O–H groups in total. The summed E-state index contributed by atoms with van der Waals surface area (Å²) >= 11 is 1.50. The number of nitrogens with zero attached hydrogens (tertiary/aromatic N) is 3. The van der Waals surface area contributed by atoms with Crippen LogP contribution in [0.3, 0.4) is 0 Å². The molecular weight excluding hydrogens is 278 g/mol. The molecule has 3 heterocycles. The van der Waals surface area contributed by atoms with Crippen LogP contribution in [0.2, 0.25) is 0 Å². The second-order valence-electron chi connectivity index (χ2n) is 4.89. The standard InChI is InChI=1S/C12H11N5O2S/c13-10(18)7-11-14-12(19)9-8(17(11)16-15-7)5-3-1-2-4-6(5)20-9/h16H,1-4H2,(H2,13,18). The van der Waals surface area contributed by atoms with Crippen LogP contribution in [-0.4, -0.2) is 25.7 Å². The third-order valence-electron chi connectivity index (χ3n) is 3.69. The maximum atomic E-state index is 12.2. The number of fused-ring (bicyclic) bond motifs is 5. The van der Waals surface area contributed by atoms with E-state index in [2.05, 4.69) is 15.3 Å². The Labute approximate surface area is 116 Å². The van der Waals surface area contributed by atoms with Crippen LogP contribution in [-0.2, 0) is 12.8 Å². The molecule has 0 unspecified atom stereocenters. The van der Waals surface area contributed by atoms with Gasteiger partial charge in [0.1, 0.15) is 4.70 Å². The highest BCUT2D eigenvalue weighted by atomic mass is 32.1. The van der Waals surface area contributed by atoms with Crippen molar-refractivity contribution < 1.29 is 4.79 Å². The monoisotopic (exact) mass is 289 g/mol. The van der Waals surface area contributed by atoms with E-state index in [9.17, 15) is 9.59 Å². The van der Waals surface area contributed by atoms with Gasteiger partial charge in [0, 0.05) is 4.88 Å². The van der Waals surface area contributed by atoms with Crippen molar-refractivity contribution in [1.29, 1.82) is 0 Å². The minimum atomic E-state index is -0.695. The third kappa shape index (κ3) is 1.39. The molecule has 7 nitrogen and oxygen atoms in total. The van der Waals surface area contributed by atoms with E-state index in [1.54, 1.807) is 4.52 Å². The Kier molecular flexibility index (Phi) is 2.25. The lowest BCUT2D eigenvalue weighted by Gasteiger charge is -2.10. The SMILES string of the molecule is NC(=O)c1n[nH]n2c1nc(=O)c1sc3c(c12)CCCC3. The van der Waals surface area contributed by atoms with Crippen LogP contribution < -0.4 is 11.3 Å². The Balaban J connectivity index is 2.21. The molecule has 20 heavy (non-hydrogen) atoms. The fourth-order valence-electron chi connectivity index (χ4n) is 2.81. The Morgan fingerprint density at radius 1 is 1.35 bits per heavy atom. The lowest BCUT2D eigenvalue weighted by atomic mass is 9.98. The summed E-state index contributed by atoms with van der Waals surface area (Å²) in [6, 6.07) is 0. The van der Waals surface area contributed by atoms with E-state index in [1.165, 1.54) is 21.8 Å². The number of carbonyl (C=O) groups is 1. The summed E-state index contributed by atoms with van der Waals surface area (Å²) in [5.74, 6) is -0.695. The summed E-state index contributed by atoms with van der Waals surface area (Å²) in [5, 5.41) is 6.63. The lowest BCUT2D eigenvalue weighted by Crippen LogP contribution is -2.15. The largest absolute Gasteiger partial charge is 0.364 e. The number of aryl methyl sites for hydroxylation is 2. The van der Waals surface area contributed by atoms with Crippen LogP contribution in [0.5, 0.6) is 0 Å². The van der Waals surface area contributed by atoms with Gasteiger partial charge in [0.25, 0.3) is 11.5 Å². The van der Waals surface area contributed by atoms with Crippen molar-refractivity contribution in [1.82, 2.24) is 19.8 Å². The topological polar surface area (TPSA) is 106 Å². The number of hydrogen-bond acceptors (Lipinski definition) is 5. The molecular formula is C12H11N5O2S.